The van der Waals surface area contributed by atoms with E-state index in [9.17, 15) is 14.4 Å². The monoisotopic (exact) mass is 728 g/mol. The summed E-state index contributed by atoms with van der Waals surface area (Å²) in [5, 5.41) is 9.71. The second-order valence-electron chi connectivity index (χ2n) is 14.6. The molecule has 1 saturated heterocycles. The van der Waals surface area contributed by atoms with Gasteiger partial charge in [-0.2, -0.15) is 5.48 Å². The van der Waals surface area contributed by atoms with Gasteiger partial charge in [0.2, 0.25) is 11.8 Å². The Morgan fingerprint density at radius 1 is 1.04 bits per heavy atom. The quantitative estimate of drug-likeness (QED) is 0.147. The minimum Gasteiger partial charge on any atom is -0.465 e. The molecule has 3 amide bonds. The molecule has 11 nitrogen and oxygen atoms in total. The fraction of sp³-hybridized carbons (Fsp3) is 0.447. The Kier molecular flexibility index (Phi) is 10.0. The molecule has 2 aromatic carbocycles. The molecule has 0 spiro atoms. The van der Waals surface area contributed by atoms with Gasteiger partial charge in [-0.05, 0) is 49.9 Å². The normalized spacial score (nSPS) is 26.2. The summed E-state index contributed by atoms with van der Waals surface area (Å²) in [4.78, 5) is 59.4. The molecule has 4 aromatic rings. The highest BCUT2D eigenvalue weighted by molar-refractivity contribution is 7.20. The first-order valence-corrected chi connectivity index (χ1v) is 19.3. The maximum absolute atomic E-state index is 14.6. The number of allylic oxidation sites excluding steroid dienone is 1. The number of hydroxylamine groups is 1. The Labute approximate surface area is 305 Å². The van der Waals surface area contributed by atoms with Gasteiger partial charge in [0.1, 0.15) is 23.7 Å². The molecular weight excluding hydrogens is 685 g/mol. The van der Waals surface area contributed by atoms with E-state index in [2.05, 4.69) is 47.9 Å². The van der Waals surface area contributed by atoms with Crippen LogP contribution in [0.15, 0.2) is 72.1 Å². The van der Waals surface area contributed by atoms with Gasteiger partial charge in [-0.25, -0.2) is 9.97 Å². The average Bonchev–Trinajstić information content (AvgIpc) is 3.49. The predicted molar refractivity (Wildman–Crippen MR) is 199 cm³/mol. The van der Waals surface area contributed by atoms with E-state index < -0.39 is 35.5 Å². The Morgan fingerprint density at radius 2 is 1.84 bits per heavy atom. The van der Waals surface area contributed by atoms with Crippen molar-refractivity contribution in [2.75, 3.05) is 11.9 Å². The zero-order valence-electron chi connectivity index (χ0n) is 29.1. The van der Waals surface area contributed by atoms with Crippen LogP contribution in [-0.2, 0) is 19.8 Å². The first-order valence-electron chi connectivity index (χ1n) is 17.7. The Hall–Kier alpha value is -4.49. The van der Waals surface area contributed by atoms with Crippen LogP contribution < -0.4 is 25.7 Å². The minimum atomic E-state index is -1.20. The molecule has 1 aliphatic carbocycles. The standard InChI is InChI=1S/C38H44N6O5S2/c1-37(2,3)31-23-50-35(41-31)39-28-18-11-6-4-5-8-14-24-21-38(24,34(47)43-49-25-15-9-7-10-16-25)42-32(45)29-20-26(22-44(29)33(28)46)48-36-40-27-17-12-13-19-30(27)51-36/h7-10,12-17,19,23-24,26,28-29H,4-6,11,18,20-22H2,1-3H3,(H,39,41)(H,42,45)(H,43,47)/b14-8-/t24-,26+,28-,29-,38+/m0/s1. The fourth-order valence-corrected chi connectivity index (χ4v) is 8.60. The zero-order valence-corrected chi connectivity index (χ0v) is 30.7. The highest BCUT2D eigenvalue weighted by Gasteiger charge is 2.61. The number of aromatic nitrogens is 2. The van der Waals surface area contributed by atoms with Crippen LogP contribution in [0.25, 0.3) is 10.2 Å². The number of carbonyl (C=O) groups excluding carboxylic acids is 3. The SMILES string of the molecule is CC(C)(C)c1csc(N[C@H]2CCCCC/C=C\[C@H]3C[C@@]3(C(=O)NOc3ccccc3)NC(=O)[C@@H]3C[C@@H](Oc4nc5ccccc5s4)CN3C2=O)n1. The Bertz CT molecular complexity index is 1870. The number of ether oxygens (including phenoxy) is 1. The van der Waals surface area contributed by atoms with Crippen LogP contribution in [0.3, 0.4) is 0 Å². The lowest BCUT2D eigenvalue weighted by Crippen LogP contribution is -2.57. The average molecular weight is 729 g/mol. The maximum Gasteiger partial charge on any atom is 0.278 e. The third-order valence-electron chi connectivity index (χ3n) is 9.76. The van der Waals surface area contributed by atoms with Crippen molar-refractivity contribution in [2.45, 2.75) is 94.9 Å². The lowest BCUT2D eigenvalue weighted by molar-refractivity contribution is -0.141. The first kappa shape index (κ1) is 34.9. The molecule has 5 atom stereocenters. The van der Waals surface area contributed by atoms with Crippen LogP contribution in [0.2, 0.25) is 0 Å². The minimum absolute atomic E-state index is 0.131. The molecule has 13 heteroatoms. The number of anilines is 1. The summed E-state index contributed by atoms with van der Waals surface area (Å²) in [6.45, 7) is 6.54. The van der Waals surface area contributed by atoms with Crippen molar-refractivity contribution < 1.29 is 24.0 Å². The number of rotatable bonds is 7. The van der Waals surface area contributed by atoms with E-state index in [1.165, 1.54) is 22.7 Å². The second-order valence-corrected chi connectivity index (χ2v) is 16.4. The van der Waals surface area contributed by atoms with Crippen molar-refractivity contribution in [3.8, 4) is 10.9 Å². The highest BCUT2D eigenvalue weighted by Crippen LogP contribution is 2.45. The van der Waals surface area contributed by atoms with Crippen molar-refractivity contribution >= 4 is 55.7 Å². The van der Waals surface area contributed by atoms with E-state index in [4.69, 9.17) is 14.6 Å². The van der Waals surface area contributed by atoms with Crippen molar-refractivity contribution in [3.63, 3.8) is 0 Å². The molecule has 2 fully saturated rings. The van der Waals surface area contributed by atoms with Crippen LogP contribution in [0.4, 0.5) is 5.13 Å². The van der Waals surface area contributed by atoms with E-state index in [-0.39, 0.29) is 30.2 Å². The van der Waals surface area contributed by atoms with E-state index in [0.29, 0.717) is 28.9 Å². The van der Waals surface area contributed by atoms with Crippen molar-refractivity contribution in [3.05, 3.63) is 77.8 Å². The van der Waals surface area contributed by atoms with Gasteiger partial charge in [-0.15, -0.1) is 11.3 Å². The van der Waals surface area contributed by atoms with Gasteiger partial charge < -0.3 is 25.1 Å². The molecule has 3 aliphatic rings. The number of para-hydroxylation sites is 2. The predicted octanol–water partition coefficient (Wildman–Crippen LogP) is 6.38. The number of nitrogens with one attached hydrogen (secondary N) is 3. The van der Waals surface area contributed by atoms with E-state index in [1.54, 1.807) is 17.0 Å². The van der Waals surface area contributed by atoms with E-state index in [1.807, 2.05) is 53.9 Å². The Morgan fingerprint density at radius 3 is 2.63 bits per heavy atom. The zero-order chi connectivity index (χ0) is 35.6. The molecule has 3 N–H and O–H groups in total. The third-order valence-corrected chi connectivity index (χ3v) is 11.5. The second kappa shape index (κ2) is 14.6. The lowest BCUT2D eigenvalue weighted by atomic mass is 9.93. The van der Waals surface area contributed by atoms with Crippen molar-refractivity contribution in [1.82, 2.24) is 25.7 Å². The van der Waals surface area contributed by atoms with Gasteiger partial charge in [0.15, 0.2) is 10.9 Å². The molecule has 0 bridgehead atoms. The highest BCUT2D eigenvalue weighted by atomic mass is 32.1. The molecule has 0 radical (unpaired) electrons. The number of amides is 3. The van der Waals surface area contributed by atoms with Crippen LogP contribution in [0.1, 0.15) is 71.4 Å². The number of fused-ring (bicyclic) bond motifs is 3. The molecule has 4 heterocycles. The summed E-state index contributed by atoms with van der Waals surface area (Å²) in [6, 6.07) is 15.3. The third kappa shape index (κ3) is 7.89. The van der Waals surface area contributed by atoms with E-state index in [0.717, 1.165) is 41.6 Å². The largest absolute Gasteiger partial charge is 0.465 e. The molecule has 7 rings (SSSR count). The summed E-state index contributed by atoms with van der Waals surface area (Å²) in [5.41, 5.74) is 3.02. The number of nitrogens with zero attached hydrogens (tertiary/aromatic N) is 3. The summed E-state index contributed by atoms with van der Waals surface area (Å²) < 4.78 is 7.38. The van der Waals surface area contributed by atoms with Gasteiger partial charge in [0.25, 0.3) is 11.1 Å². The number of benzene rings is 2. The summed E-state index contributed by atoms with van der Waals surface area (Å²) in [5.74, 6) is -0.751. The van der Waals surface area contributed by atoms with Crippen molar-refractivity contribution in [1.29, 1.82) is 0 Å². The van der Waals surface area contributed by atoms with Gasteiger partial charge in [-0.1, -0.05) is 87.4 Å². The molecule has 1 saturated carbocycles. The summed E-state index contributed by atoms with van der Waals surface area (Å²) >= 11 is 2.92. The number of thiazole rings is 2. The van der Waals surface area contributed by atoms with Gasteiger partial charge >= 0.3 is 0 Å². The first-order chi connectivity index (χ1) is 24.6. The molecule has 51 heavy (non-hydrogen) atoms. The van der Waals surface area contributed by atoms with Gasteiger partial charge in [-0.3, -0.25) is 14.4 Å². The van der Waals surface area contributed by atoms with Gasteiger partial charge in [0, 0.05) is 23.1 Å². The van der Waals surface area contributed by atoms with Crippen LogP contribution in [0, 0.1) is 5.92 Å². The molecule has 0 unspecified atom stereocenters. The number of carbonyl (C=O) groups is 3. The summed E-state index contributed by atoms with van der Waals surface area (Å²) in [6.07, 6.45) is 8.48. The fourth-order valence-electron chi connectivity index (χ4n) is 6.73. The van der Waals surface area contributed by atoms with Crippen LogP contribution in [0.5, 0.6) is 10.9 Å². The molecule has 2 aliphatic heterocycles. The lowest BCUT2D eigenvalue weighted by Gasteiger charge is -2.29. The Balaban J connectivity index is 1.16. The number of hydrogen-bond donors (Lipinski definition) is 3. The molecule has 268 valence electrons. The van der Waals surface area contributed by atoms with Crippen molar-refractivity contribution in [2.24, 2.45) is 5.92 Å². The summed E-state index contributed by atoms with van der Waals surface area (Å²) in [7, 11) is 0. The molecule has 2 aromatic heterocycles. The van der Waals surface area contributed by atoms with Crippen LogP contribution in [-0.4, -0.2) is 62.9 Å². The van der Waals surface area contributed by atoms with E-state index >= 15 is 0 Å². The smallest absolute Gasteiger partial charge is 0.278 e. The maximum atomic E-state index is 14.6. The molecular formula is C38H44N6O5S2. The van der Waals surface area contributed by atoms with Crippen LogP contribution >= 0.6 is 22.7 Å². The van der Waals surface area contributed by atoms with Gasteiger partial charge in [0.05, 0.1) is 22.5 Å². The number of hydrogen-bond acceptors (Lipinski definition) is 10. The topological polar surface area (TPSA) is 135 Å².